The van der Waals surface area contributed by atoms with E-state index in [2.05, 4.69) is 0 Å². The minimum absolute atomic E-state index is 0.173. The molecule has 0 saturated heterocycles. The molecule has 0 fully saturated rings. The third-order valence-corrected chi connectivity index (χ3v) is 3.05. The first-order chi connectivity index (χ1) is 9.78. The van der Waals surface area contributed by atoms with Gasteiger partial charge in [0.25, 0.3) is 5.91 Å². The molecule has 1 aromatic carbocycles. The van der Waals surface area contributed by atoms with Gasteiger partial charge in [-0.25, -0.2) is 4.39 Å². The van der Waals surface area contributed by atoms with Crippen LogP contribution < -0.4 is 0 Å². The minimum atomic E-state index is -0.992. The maximum absolute atomic E-state index is 14.1. The molecule has 1 amide bonds. The van der Waals surface area contributed by atoms with Gasteiger partial charge in [-0.05, 0) is 44.2 Å². The molecule has 0 bridgehead atoms. The average Bonchev–Trinajstić information content (AvgIpc) is 2.89. The van der Waals surface area contributed by atoms with E-state index in [0.717, 1.165) is 0 Å². The highest BCUT2D eigenvalue weighted by Crippen LogP contribution is 2.17. The number of aromatic nitrogens is 1. The molecule has 1 N–H and O–H groups in total. The van der Waals surface area contributed by atoms with Crippen LogP contribution in [0.1, 0.15) is 24.2 Å². The van der Waals surface area contributed by atoms with Gasteiger partial charge in [0.2, 0.25) is 0 Å². The summed E-state index contributed by atoms with van der Waals surface area (Å²) >= 11 is 0. The summed E-state index contributed by atoms with van der Waals surface area (Å²) in [6.07, 6.45) is 3.47. The van der Waals surface area contributed by atoms with Crippen molar-refractivity contribution in [2.45, 2.75) is 19.4 Å². The lowest BCUT2D eigenvalue weighted by Crippen LogP contribution is -2.39. The van der Waals surface area contributed by atoms with Crippen molar-refractivity contribution in [3.63, 3.8) is 0 Å². The zero-order chi connectivity index (χ0) is 15.6. The molecule has 0 aliphatic heterocycles. The Morgan fingerprint density at radius 2 is 1.95 bits per heavy atom. The number of nitrogens with zero attached hydrogens (tertiary/aromatic N) is 2. The molecule has 21 heavy (non-hydrogen) atoms. The van der Waals surface area contributed by atoms with Crippen LogP contribution in [0.25, 0.3) is 5.69 Å². The Labute approximate surface area is 123 Å². The monoisotopic (exact) mass is 290 g/mol. The number of aliphatic hydroxyl groups is 1. The van der Waals surface area contributed by atoms with Crippen LogP contribution in [-0.4, -0.2) is 39.7 Å². The molecule has 0 radical (unpaired) electrons. The van der Waals surface area contributed by atoms with Gasteiger partial charge < -0.3 is 14.6 Å². The van der Waals surface area contributed by atoms with Gasteiger partial charge in [-0.2, -0.15) is 0 Å². The van der Waals surface area contributed by atoms with Gasteiger partial charge in [-0.3, -0.25) is 4.79 Å². The average molecular weight is 290 g/mol. The first-order valence-corrected chi connectivity index (χ1v) is 6.69. The fourth-order valence-corrected chi connectivity index (χ4v) is 2.22. The number of rotatable bonds is 4. The molecule has 4 nitrogen and oxygen atoms in total. The van der Waals surface area contributed by atoms with Crippen LogP contribution in [0.2, 0.25) is 0 Å². The van der Waals surface area contributed by atoms with Crippen LogP contribution in [0.5, 0.6) is 0 Å². The van der Waals surface area contributed by atoms with Crippen molar-refractivity contribution in [3.8, 4) is 5.69 Å². The second-order valence-corrected chi connectivity index (χ2v) is 5.73. The summed E-state index contributed by atoms with van der Waals surface area (Å²) in [7, 11) is 1.58. The van der Waals surface area contributed by atoms with Crippen LogP contribution in [0, 0.1) is 5.82 Å². The molecule has 2 rings (SSSR count). The van der Waals surface area contributed by atoms with Gasteiger partial charge in [0.1, 0.15) is 5.82 Å². The Hall–Kier alpha value is -2.14. The zero-order valence-electron chi connectivity index (χ0n) is 12.4. The van der Waals surface area contributed by atoms with Crippen LogP contribution in [0.15, 0.2) is 42.7 Å². The summed E-state index contributed by atoms with van der Waals surface area (Å²) in [4.78, 5) is 13.6. The molecule has 0 aliphatic rings. The first kappa shape index (κ1) is 15.3. The number of carbonyl (C=O) groups excluding carboxylic acids is 1. The van der Waals surface area contributed by atoms with Gasteiger partial charge in [-0.1, -0.05) is 0 Å². The van der Waals surface area contributed by atoms with E-state index in [1.54, 1.807) is 62.1 Å². The highest BCUT2D eigenvalue weighted by Gasteiger charge is 2.21. The molecule has 1 heterocycles. The van der Waals surface area contributed by atoms with Crippen molar-refractivity contribution in [2.24, 2.45) is 0 Å². The number of likely N-dealkylation sites (N-methyl/N-ethyl adjacent to an activating group) is 1. The molecule has 1 aromatic heterocycles. The van der Waals surface area contributed by atoms with E-state index in [4.69, 9.17) is 0 Å². The molecule has 0 spiro atoms. The number of benzene rings is 1. The number of halogens is 1. The highest BCUT2D eigenvalue weighted by atomic mass is 19.1. The Kier molecular flexibility index (Phi) is 4.14. The summed E-state index contributed by atoms with van der Waals surface area (Å²) in [5.41, 5.74) is -0.342. The first-order valence-electron chi connectivity index (χ1n) is 6.69. The normalized spacial score (nSPS) is 11.5. The standard InChI is InChI=1S/C16H19FN2O2/c1-16(2,21)11-18(3)15(20)12-6-7-14(13(17)10-12)19-8-4-5-9-19/h4-10,21H,11H2,1-3H3. The largest absolute Gasteiger partial charge is 0.389 e. The zero-order valence-corrected chi connectivity index (χ0v) is 12.4. The van der Waals surface area contributed by atoms with Crippen molar-refractivity contribution < 1.29 is 14.3 Å². The van der Waals surface area contributed by atoms with Crippen LogP contribution in [0.3, 0.4) is 0 Å². The lowest BCUT2D eigenvalue weighted by molar-refractivity contribution is 0.0367. The molecule has 112 valence electrons. The molecule has 5 heteroatoms. The Bertz CT molecular complexity index is 630. The Balaban J connectivity index is 2.22. The molecule has 0 saturated carbocycles. The van der Waals surface area contributed by atoms with Crippen LogP contribution in [0.4, 0.5) is 4.39 Å². The predicted octanol–water partition coefficient (Wildman–Crippen LogP) is 2.46. The molecule has 2 aromatic rings. The van der Waals surface area contributed by atoms with Gasteiger partial charge in [0.05, 0.1) is 11.3 Å². The molecular formula is C16H19FN2O2. The number of hydrogen-bond donors (Lipinski definition) is 1. The van der Waals surface area contributed by atoms with Crippen molar-refractivity contribution in [1.82, 2.24) is 9.47 Å². The van der Waals surface area contributed by atoms with Crippen molar-refractivity contribution in [2.75, 3.05) is 13.6 Å². The van der Waals surface area contributed by atoms with E-state index < -0.39 is 11.4 Å². The summed E-state index contributed by atoms with van der Waals surface area (Å²) < 4.78 is 15.8. The van der Waals surface area contributed by atoms with E-state index in [9.17, 15) is 14.3 Å². The Morgan fingerprint density at radius 3 is 2.48 bits per heavy atom. The SMILES string of the molecule is CN(CC(C)(C)O)C(=O)c1ccc(-n2cccc2)c(F)c1. The van der Waals surface area contributed by atoms with Crippen molar-refractivity contribution >= 4 is 5.91 Å². The maximum Gasteiger partial charge on any atom is 0.253 e. The molecular weight excluding hydrogens is 271 g/mol. The lowest BCUT2D eigenvalue weighted by atomic mass is 10.1. The predicted molar refractivity (Wildman–Crippen MR) is 79.0 cm³/mol. The summed E-state index contributed by atoms with van der Waals surface area (Å²) in [5, 5.41) is 9.74. The van der Waals surface area contributed by atoms with E-state index in [1.807, 2.05) is 0 Å². The smallest absolute Gasteiger partial charge is 0.253 e. The maximum atomic E-state index is 14.1. The van der Waals surface area contributed by atoms with Crippen LogP contribution in [-0.2, 0) is 0 Å². The fourth-order valence-electron chi connectivity index (χ4n) is 2.22. The van der Waals surface area contributed by atoms with Crippen molar-refractivity contribution in [3.05, 3.63) is 54.1 Å². The van der Waals surface area contributed by atoms with Gasteiger partial charge in [0.15, 0.2) is 0 Å². The fraction of sp³-hybridized carbons (Fsp3) is 0.312. The molecule has 0 aliphatic carbocycles. The van der Waals surface area contributed by atoms with E-state index >= 15 is 0 Å². The van der Waals surface area contributed by atoms with Crippen LogP contribution >= 0.6 is 0 Å². The summed E-state index contributed by atoms with van der Waals surface area (Å²) in [6.45, 7) is 3.41. The summed E-state index contributed by atoms with van der Waals surface area (Å²) in [5.74, 6) is -0.788. The second kappa shape index (κ2) is 5.69. The highest BCUT2D eigenvalue weighted by molar-refractivity contribution is 5.94. The van der Waals surface area contributed by atoms with E-state index in [0.29, 0.717) is 5.69 Å². The molecule has 0 atom stereocenters. The topological polar surface area (TPSA) is 45.5 Å². The van der Waals surface area contributed by atoms with E-state index in [1.165, 1.54) is 11.0 Å². The quantitative estimate of drug-likeness (QED) is 0.940. The van der Waals surface area contributed by atoms with Gasteiger partial charge in [-0.15, -0.1) is 0 Å². The summed E-state index contributed by atoms with van der Waals surface area (Å²) in [6, 6.07) is 7.98. The third-order valence-electron chi connectivity index (χ3n) is 3.05. The lowest BCUT2D eigenvalue weighted by Gasteiger charge is -2.25. The van der Waals surface area contributed by atoms with Crippen molar-refractivity contribution in [1.29, 1.82) is 0 Å². The third kappa shape index (κ3) is 3.70. The number of carbonyl (C=O) groups is 1. The number of amides is 1. The molecule has 0 unspecified atom stereocenters. The number of hydrogen-bond acceptors (Lipinski definition) is 2. The van der Waals surface area contributed by atoms with Gasteiger partial charge >= 0.3 is 0 Å². The van der Waals surface area contributed by atoms with E-state index in [-0.39, 0.29) is 18.0 Å². The Morgan fingerprint density at radius 1 is 1.33 bits per heavy atom. The minimum Gasteiger partial charge on any atom is -0.389 e. The van der Waals surface area contributed by atoms with Gasteiger partial charge in [0, 0.05) is 31.5 Å². The second-order valence-electron chi connectivity index (χ2n) is 5.73.